The summed E-state index contributed by atoms with van der Waals surface area (Å²) in [5.74, 6) is 0.165. The van der Waals surface area contributed by atoms with Gasteiger partial charge in [-0.2, -0.15) is 0 Å². The fraction of sp³-hybridized carbons (Fsp3) is 0.632. The molecule has 5 nitrogen and oxygen atoms in total. The summed E-state index contributed by atoms with van der Waals surface area (Å²) in [6.07, 6.45) is 1.85. The summed E-state index contributed by atoms with van der Waals surface area (Å²) < 4.78 is 5.53. The molecular weight excluding hydrogens is 304 g/mol. The second-order valence-corrected chi connectivity index (χ2v) is 7.24. The Morgan fingerprint density at radius 3 is 2.58 bits per heavy atom. The zero-order valence-corrected chi connectivity index (χ0v) is 14.6. The molecule has 0 aliphatic carbocycles. The first-order valence-electron chi connectivity index (χ1n) is 8.83. The number of rotatable bonds is 4. The van der Waals surface area contributed by atoms with E-state index in [9.17, 15) is 9.90 Å². The van der Waals surface area contributed by atoms with Crippen LogP contribution in [0.3, 0.4) is 0 Å². The number of aliphatic hydroxyl groups excluding tert-OH is 1. The van der Waals surface area contributed by atoms with Gasteiger partial charge >= 0.3 is 0 Å². The van der Waals surface area contributed by atoms with Crippen molar-refractivity contribution in [1.82, 2.24) is 10.2 Å². The minimum absolute atomic E-state index is 0.165. The highest BCUT2D eigenvalue weighted by Gasteiger charge is 2.43. The van der Waals surface area contributed by atoms with Crippen molar-refractivity contribution in [2.24, 2.45) is 0 Å². The van der Waals surface area contributed by atoms with Crippen molar-refractivity contribution in [3.05, 3.63) is 35.4 Å². The van der Waals surface area contributed by atoms with E-state index in [-0.39, 0.29) is 18.1 Å². The number of carbonyl (C=O) groups is 1. The Morgan fingerprint density at radius 1 is 1.33 bits per heavy atom. The van der Waals surface area contributed by atoms with Crippen LogP contribution in [0.25, 0.3) is 0 Å². The highest BCUT2D eigenvalue weighted by Crippen LogP contribution is 2.37. The van der Waals surface area contributed by atoms with E-state index in [1.807, 2.05) is 11.9 Å². The molecule has 2 heterocycles. The number of amides is 1. The van der Waals surface area contributed by atoms with Crippen LogP contribution in [0.4, 0.5) is 0 Å². The first-order chi connectivity index (χ1) is 11.5. The Morgan fingerprint density at radius 2 is 2.00 bits per heavy atom. The summed E-state index contributed by atoms with van der Waals surface area (Å²) in [6, 6.07) is 8.50. The lowest BCUT2D eigenvalue weighted by Crippen LogP contribution is -2.51. The van der Waals surface area contributed by atoms with Crippen LogP contribution in [0, 0.1) is 6.92 Å². The first-order valence-corrected chi connectivity index (χ1v) is 8.83. The molecule has 3 rings (SSSR count). The zero-order valence-electron chi connectivity index (χ0n) is 14.6. The minimum Gasteiger partial charge on any atom is -0.392 e. The third-order valence-corrected chi connectivity index (χ3v) is 5.40. The second kappa shape index (κ2) is 7.21. The van der Waals surface area contributed by atoms with E-state index in [0.29, 0.717) is 32.7 Å². The number of hydrogen-bond donors (Lipinski definition) is 2. The molecule has 5 heteroatoms. The van der Waals surface area contributed by atoms with Gasteiger partial charge in [0.05, 0.1) is 11.5 Å². The van der Waals surface area contributed by atoms with E-state index in [4.69, 9.17) is 4.74 Å². The molecule has 2 N–H and O–H groups in total. The van der Waals surface area contributed by atoms with Crippen molar-refractivity contribution >= 4 is 5.91 Å². The fourth-order valence-corrected chi connectivity index (χ4v) is 3.93. The van der Waals surface area contributed by atoms with Crippen molar-refractivity contribution < 1.29 is 14.6 Å². The van der Waals surface area contributed by atoms with E-state index in [0.717, 1.165) is 18.4 Å². The molecule has 0 radical (unpaired) electrons. The van der Waals surface area contributed by atoms with Crippen LogP contribution < -0.4 is 5.32 Å². The standard InChI is InChI=1S/C19H28N2O3/c1-14-3-5-15(6-4-14)19(7-9-24-10-8-19)18(23)21(2)13-16-11-17(22)12-20-16/h3-6,16-17,20,22H,7-13H2,1-2H3/t16-,17+/m0/s1. The number of aryl methyl sites for hydroxylation is 1. The number of nitrogens with one attached hydrogen (secondary N) is 1. The van der Waals surface area contributed by atoms with E-state index >= 15 is 0 Å². The molecule has 132 valence electrons. The number of nitrogens with zero attached hydrogens (tertiary/aromatic N) is 1. The summed E-state index contributed by atoms with van der Waals surface area (Å²) in [4.78, 5) is 15.2. The number of likely N-dealkylation sites (N-methyl/N-ethyl adjacent to an activating group) is 1. The maximum atomic E-state index is 13.4. The number of aliphatic hydroxyl groups is 1. The van der Waals surface area contributed by atoms with Crippen molar-refractivity contribution in [1.29, 1.82) is 0 Å². The van der Waals surface area contributed by atoms with Gasteiger partial charge in [-0.05, 0) is 31.7 Å². The molecule has 2 saturated heterocycles. The van der Waals surface area contributed by atoms with Crippen LogP contribution >= 0.6 is 0 Å². The lowest BCUT2D eigenvalue weighted by atomic mass is 9.73. The lowest BCUT2D eigenvalue weighted by Gasteiger charge is -2.39. The molecule has 1 amide bonds. The van der Waals surface area contributed by atoms with Gasteiger partial charge < -0.3 is 20.1 Å². The van der Waals surface area contributed by atoms with Crippen LogP contribution in [0.1, 0.15) is 30.4 Å². The smallest absolute Gasteiger partial charge is 0.233 e. The van der Waals surface area contributed by atoms with Gasteiger partial charge in [0.2, 0.25) is 5.91 Å². The molecule has 2 aliphatic rings. The van der Waals surface area contributed by atoms with Crippen LogP contribution in [0.5, 0.6) is 0 Å². The molecule has 1 aromatic rings. The molecule has 2 aliphatic heterocycles. The predicted molar refractivity (Wildman–Crippen MR) is 93.0 cm³/mol. The molecule has 2 atom stereocenters. The molecule has 2 fully saturated rings. The number of benzene rings is 1. The Balaban J connectivity index is 1.79. The van der Waals surface area contributed by atoms with E-state index < -0.39 is 5.41 Å². The topological polar surface area (TPSA) is 61.8 Å². The maximum absolute atomic E-state index is 13.4. The van der Waals surface area contributed by atoms with Crippen molar-refractivity contribution in [2.45, 2.75) is 43.7 Å². The Bertz CT molecular complexity index is 566. The summed E-state index contributed by atoms with van der Waals surface area (Å²) in [5, 5.41) is 13.0. The maximum Gasteiger partial charge on any atom is 0.233 e. The Kier molecular flexibility index (Phi) is 5.23. The summed E-state index contributed by atoms with van der Waals surface area (Å²) >= 11 is 0. The van der Waals surface area contributed by atoms with Gasteiger partial charge in [-0.25, -0.2) is 0 Å². The van der Waals surface area contributed by atoms with Crippen LogP contribution in [-0.4, -0.2) is 61.4 Å². The number of ether oxygens (including phenoxy) is 1. The highest BCUT2D eigenvalue weighted by atomic mass is 16.5. The average Bonchev–Trinajstić information content (AvgIpc) is 3.00. The summed E-state index contributed by atoms with van der Waals surface area (Å²) in [5.41, 5.74) is 1.80. The van der Waals surface area contributed by atoms with Crippen LogP contribution in [-0.2, 0) is 14.9 Å². The van der Waals surface area contributed by atoms with Crippen molar-refractivity contribution in [3.63, 3.8) is 0 Å². The minimum atomic E-state index is -0.488. The van der Waals surface area contributed by atoms with Crippen LogP contribution in [0.15, 0.2) is 24.3 Å². The SMILES string of the molecule is Cc1ccc(C2(C(=O)N(C)C[C@@H]3C[C@@H](O)CN3)CCOCC2)cc1. The fourth-order valence-electron chi connectivity index (χ4n) is 3.93. The third-order valence-electron chi connectivity index (χ3n) is 5.40. The molecule has 0 spiro atoms. The van der Waals surface area contributed by atoms with Gasteiger partial charge in [-0.15, -0.1) is 0 Å². The first kappa shape index (κ1) is 17.4. The number of hydrogen-bond acceptors (Lipinski definition) is 4. The quantitative estimate of drug-likeness (QED) is 0.870. The van der Waals surface area contributed by atoms with E-state index in [2.05, 4.69) is 36.5 Å². The summed E-state index contributed by atoms with van der Waals surface area (Å²) in [7, 11) is 1.88. The molecule has 1 aromatic carbocycles. The molecule has 0 unspecified atom stereocenters. The molecule has 24 heavy (non-hydrogen) atoms. The largest absolute Gasteiger partial charge is 0.392 e. The number of β-amino-alcohol motifs (C(OH)–C–C–N with tert-alkyl or cyclic N) is 1. The second-order valence-electron chi connectivity index (χ2n) is 7.24. The van der Waals surface area contributed by atoms with Gasteiger partial charge in [0.15, 0.2) is 0 Å². The predicted octanol–water partition coefficient (Wildman–Crippen LogP) is 1.22. The third kappa shape index (κ3) is 3.48. The highest BCUT2D eigenvalue weighted by molar-refractivity contribution is 5.88. The zero-order chi connectivity index (χ0) is 17.2. The lowest BCUT2D eigenvalue weighted by molar-refractivity contribution is -0.140. The van der Waals surface area contributed by atoms with E-state index in [1.54, 1.807) is 0 Å². The molecule has 0 bridgehead atoms. The Labute approximate surface area is 144 Å². The molecule has 0 saturated carbocycles. The monoisotopic (exact) mass is 332 g/mol. The van der Waals surface area contributed by atoms with Crippen molar-refractivity contribution in [3.8, 4) is 0 Å². The molecule has 0 aromatic heterocycles. The Hall–Kier alpha value is -1.43. The van der Waals surface area contributed by atoms with Gasteiger partial charge in [0.25, 0.3) is 0 Å². The van der Waals surface area contributed by atoms with Gasteiger partial charge in [-0.1, -0.05) is 29.8 Å². The van der Waals surface area contributed by atoms with Gasteiger partial charge in [0.1, 0.15) is 0 Å². The molecular formula is C19H28N2O3. The summed E-state index contributed by atoms with van der Waals surface area (Å²) in [6.45, 7) is 4.54. The normalized spacial score (nSPS) is 26.3. The van der Waals surface area contributed by atoms with Crippen LogP contribution in [0.2, 0.25) is 0 Å². The van der Waals surface area contributed by atoms with Gasteiger partial charge in [-0.3, -0.25) is 4.79 Å². The van der Waals surface area contributed by atoms with Gasteiger partial charge in [0, 0.05) is 39.4 Å². The van der Waals surface area contributed by atoms with E-state index in [1.165, 1.54) is 5.56 Å². The average molecular weight is 332 g/mol. The number of carbonyl (C=O) groups excluding carboxylic acids is 1. The van der Waals surface area contributed by atoms with Crippen molar-refractivity contribution in [2.75, 3.05) is 33.4 Å².